The lowest BCUT2D eigenvalue weighted by Crippen LogP contribution is -2.31. The molecule has 1 saturated heterocycles. The second kappa shape index (κ2) is 12.6. The summed E-state index contributed by atoms with van der Waals surface area (Å²) in [4.78, 5) is 32.2. The number of nitrogens with zero attached hydrogens (tertiary/aromatic N) is 3. The summed E-state index contributed by atoms with van der Waals surface area (Å²) in [6.07, 6.45) is 5.75. The van der Waals surface area contributed by atoms with Crippen LogP contribution >= 0.6 is 0 Å². The lowest BCUT2D eigenvalue weighted by Gasteiger charge is -2.26. The van der Waals surface area contributed by atoms with Gasteiger partial charge in [-0.05, 0) is 73.4 Å². The molecule has 1 fully saturated rings. The highest BCUT2D eigenvalue weighted by atomic mass is 16.5. The molecule has 0 spiro atoms. The van der Waals surface area contributed by atoms with Gasteiger partial charge in [-0.2, -0.15) is 0 Å². The summed E-state index contributed by atoms with van der Waals surface area (Å²) >= 11 is 0. The van der Waals surface area contributed by atoms with Crippen LogP contribution in [0.3, 0.4) is 0 Å². The van der Waals surface area contributed by atoms with Crippen LogP contribution in [-0.2, 0) is 22.7 Å². The summed E-state index contributed by atoms with van der Waals surface area (Å²) in [6.45, 7) is 5.39. The van der Waals surface area contributed by atoms with Crippen molar-refractivity contribution in [2.24, 2.45) is 0 Å². The molecule has 1 amide bonds. The van der Waals surface area contributed by atoms with Gasteiger partial charge in [-0.1, -0.05) is 30.3 Å². The largest absolute Gasteiger partial charge is 0.507 e. The van der Waals surface area contributed by atoms with Gasteiger partial charge >= 0.3 is 0 Å². The van der Waals surface area contributed by atoms with Gasteiger partial charge in [0.05, 0.1) is 24.5 Å². The van der Waals surface area contributed by atoms with Crippen LogP contribution in [0.25, 0.3) is 5.76 Å². The number of likely N-dealkylation sites (tertiary alicyclic amines) is 1. The van der Waals surface area contributed by atoms with Crippen LogP contribution < -0.4 is 9.47 Å². The molecule has 1 aliphatic heterocycles. The number of ketones is 1. The minimum atomic E-state index is -0.871. The number of phenols is 1. The molecular weight excluding hydrogens is 534 g/mol. The Labute approximate surface area is 244 Å². The third-order valence-electron chi connectivity index (χ3n) is 7.30. The summed E-state index contributed by atoms with van der Waals surface area (Å²) in [7, 11) is 0. The molecule has 0 bridgehead atoms. The van der Waals surface area contributed by atoms with Crippen LogP contribution in [0.15, 0.2) is 91.0 Å². The molecule has 0 radical (unpaired) electrons. The number of aliphatic hydroxyl groups excluding tert-OH is 1. The molecule has 0 saturated carbocycles. The Bertz CT molecular complexity index is 1590. The highest BCUT2D eigenvalue weighted by Crippen LogP contribution is 2.42. The van der Waals surface area contributed by atoms with Crippen molar-refractivity contribution in [2.45, 2.75) is 39.5 Å². The number of aromatic hydroxyl groups is 1. The number of rotatable bonds is 11. The number of imidazole rings is 1. The molecule has 42 heavy (non-hydrogen) atoms. The normalized spacial score (nSPS) is 16.1. The summed E-state index contributed by atoms with van der Waals surface area (Å²) in [5.74, 6) is -0.978. The Morgan fingerprint density at radius 1 is 1.00 bits per heavy atom. The minimum absolute atomic E-state index is 0.0238. The van der Waals surface area contributed by atoms with Gasteiger partial charge in [-0.3, -0.25) is 9.59 Å². The zero-order valence-electron chi connectivity index (χ0n) is 23.6. The number of hydrogen-bond donors (Lipinski definition) is 2. The van der Waals surface area contributed by atoms with E-state index in [-0.39, 0.29) is 29.4 Å². The molecule has 1 aliphatic rings. The van der Waals surface area contributed by atoms with Crippen molar-refractivity contribution in [1.82, 2.24) is 14.5 Å². The first-order chi connectivity index (χ1) is 20.4. The van der Waals surface area contributed by atoms with Crippen LogP contribution in [0.2, 0.25) is 0 Å². The Morgan fingerprint density at radius 3 is 2.50 bits per heavy atom. The van der Waals surface area contributed by atoms with Crippen LogP contribution in [0.1, 0.15) is 41.6 Å². The van der Waals surface area contributed by atoms with Crippen LogP contribution in [0.5, 0.6) is 17.2 Å². The topological polar surface area (TPSA) is 114 Å². The Morgan fingerprint density at radius 2 is 1.79 bits per heavy atom. The van der Waals surface area contributed by atoms with E-state index < -0.39 is 17.7 Å². The summed E-state index contributed by atoms with van der Waals surface area (Å²) in [5, 5.41) is 21.7. The number of ether oxygens (including phenoxy) is 2. The van der Waals surface area contributed by atoms with Crippen molar-refractivity contribution >= 4 is 17.4 Å². The average Bonchev–Trinajstić information content (AvgIpc) is 3.60. The number of amides is 1. The molecule has 5 rings (SSSR count). The molecule has 4 aromatic rings. The predicted octanol–water partition coefficient (Wildman–Crippen LogP) is 5.39. The molecule has 9 nitrogen and oxygen atoms in total. The van der Waals surface area contributed by atoms with Gasteiger partial charge in [0.25, 0.3) is 11.7 Å². The molecule has 1 unspecified atom stereocenters. The van der Waals surface area contributed by atoms with Crippen molar-refractivity contribution < 1.29 is 29.3 Å². The van der Waals surface area contributed by atoms with Crippen molar-refractivity contribution in [3.8, 4) is 17.2 Å². The number of phenolic OH excluding ortho intramolecular Hbond substituents is 1. The van der Waals surface area contributed by atoms with Gasteiger partial charge in [-0.15, -0.1) is 0 Å². The minimum Gasteiger partial charge on any atom is -0.507 e. The molecule has 0 aliphatic carbocycles. The zero-order chi connectivity index (χ0) is 29.6. The second-order valence-electron chi connectivity index (χ2n) is 10.0. The molecule has 2 N–H and O–H groups in total. The first-order valence-electron chi connectivity index (χ1n) is 13.8. The number of Topliss-reactive ketones (excluding diaryl/α,β-unsaturated/α-hetero) is 1. The number of hydrogen-bond acceptors (Lipinski definition) is 7. The number of benzene rings is 3. The van der Waals surface area contributed by atoms with Gasteiger partial charge in [0.2, 0.25) is 0 Å². The fourth-order valence-electron chi connectivity index (χ4n) is 5.07. The Kier molecular flexibility index (Phi) is 8.57. The monoisotopic (exact) mass is 567 g/mol. The second-order valence-corrected chi connectivity index (χ2v) is 10.0. The SMILES string of the molecule is CCOc1cc(C2C(=C(O)c3ccc(OCc4ccccc4C)cc3)C(=O)C(=O)N2CCCn2ccnc2)ccc1O. The predicted molar refractivity (Wildman–Crippen MR) is 157 cm³/mol. The summed E-state index contributed by atoms with van der Waals surface area (Å²) < 4.78 is 13.4. The van der Waals surface area contributed by atoms with E-state index in [1.54, 1.807) is 55.8 Å². The van der Waals surface area contributed by atoms with E-state index in [0.717, 1.165) is 11.1 Å². The fourth-order valence-corrected chi connectivity index (χ4v) is 5.07. The standard InChI is InChI=1S/C33H33N3O6/c1-3-41-28-19-24(11-14-27(28)37)30-29(32(39)33(40)36(30)17-6-16-35-18-15-34-21-35)31(38)23-9-12-26(13-10-23)42-20-25-8-5-4-7-22(25)2/h4-5,7-15,18-19,21,30,37-38H,3,6,16-17,20H2,1-2H3. The Balaban J connectivity index is 1.45. The van der Waals surface area contributed by atoms with Gasteiger partial charge in [-0.25, -0.2) is 4.98 Å². The van der Waals surface area contributed by atoms with Crippen molar-refractivity contribution in [3.63, 3.8) is 0 Å². The molecule has 3 aromatic carbocycles. The van der Waals surface area contributed by atoms with Crippen LogP contribution in [0, 0.1) is 6.92 Å². The number of carbonyl (C=O) groups is 2. The molecule has 2 heterocycles. The molecular formula is C33H33N3O6. The van der Waals surface area contributed by atoms with E-state index in [9.17, 15) is 19.8 Å². The van der Waals surface area contributed by atoms with E-state index >= 15 is 0 Å². The Hall–Kier alpha value is -5.05. The number of aromatic nitrogens is 2. The van der Waals surface area contributed by atoms with E-state index in [2.05, 4.69) is 4.98 Å². The van der Waals surface area contributed by atoms with E-state index in [1.165, 1.54) is 11.0 Å². The van der Waals surface area contributed by atoms with Gasteiger partial charge in [0.1, 0.15) is 18.1 Å². The lowest BCUT2D eigenvalue weighted by molar-refractivity contribution is -0.139. The van der Waals surface area contributed by atoms with Crippen molar-refractivity contribution in [1.29, 1.82) is 0 Å². The third-order valence-corrected chi connectivity index (χ3v) is 7.30. The maximum atomic E-state index is 13.4. The quantitative estimate of drug-likeness (QED) is 0.142. The van der Waals surface area contributed by atoms with Gasteiger partial charge < -0.3 is 29.2 Å². The molecule has 1 aromatic heterocycles. The smallest absolute Gasteiger partial charge is 0.295 e. The highest BCUT2D eigenvalue weighted by molar-refractivity contribution is 6.46. The average molecular weight is 568 g/mol. The number of aryl methyl sites for hydroxylation is 2. The van der Waals surface area contributed by atoms with Crippen molar-refractivity contribution in [3.05, 3.63) is 113 Å². The van der Waals surface area contributed by atoms with E-state index in [0.29, 0.717) is 43.1 Å². The van der Waals surface area contributed by atoms with Crippen LogP contribution in [-0.4, -0.2) is 49.5 Å². The van der Waals surface area contributed by atoms with Crippen LogP contribution in [0.4, 0.5) is 0 Å². The summed E-state index contributed by atoms with van der Waals surface area (Å²) in [5.41, 5.74) is 3.09. The first kappa shape index (κ1) is 28.5. The first-order valence-corrected chi connectivity index (χ1v) is 13.8. The highest BCUT2D eigenvalue weighted by Gasteiger charge is 2.46. The third kappa shape index (κ3) is 6.00. The van der Waals surface area contributed by atoms with Crippen molar-refractivity contribution in [2.75, 3.05) is 13.2 Å². The molecule has 216 valence electrons. The fraction of sp³-hybridized carbons (Fsp3) is 0.242. The maximum absolute atomic E-state index is 13.4. The van der Waals surface area contributed by atoms with E-state index in [1.807, 2.05) is 42.0 Å². The molecule has 1 atom stereocenters. The summed E-state index contributed by atoms with van der Waals surface area (Å²) in [6, 6.07) is 18.6. The van der Waals surface area contributed by atoms with E-state index in [4.69, 9.17) is 9.47 Å². The number of aliphatic hydroxyl groups is 1. The maximum Gasteiger partial charge on any atom is 0.295 e. The van der Waals surface area contributed by atoms with Gasteiger partial charge in [0.15, 0.2) is 11.5 Å². The van der Waals surface area contributed by atoms with Gasteiger partial charge in [0, 0.05) is 31.0 Å². The molecule has 9 heteroatoms. The number of carbonyl (C=O) groups excluding carboxylic acids is 2. The lowest BCUT2D eigenvalue weighted by atomic mass is 9.95. The zero-order valence-corrected chi connectivity index (χ0v) is 23.6.